The Morgan fingerprint density at radius 3 is 2.48 bits per heavy atom. The van der Waals surface area contributed by atoms with Crippen molar-refractivity contribution in [2.24, 2.45) is 0 Å². The van der Waals surface area contributed by atoms with Gasteiger partial charge in [-0.05, 0) is 39.3 Å². The molecule has 3 heterocycles. The molecular formula is C13H16BClN4O2. The van der Waals surface area contributed by atoms with E-state index < -0.39 is 7.12 Å². The summed E-state index contributed by atoms with van der Waals surface area (Å²) in [7, 11) is -0.443. The molecule has 1 saturated heterocycles. The van der Waals surface area contributed by atoms with Gasteiger partial charge in [-0.15, -0.1) is 0 Å². The number of aromatic nitrogens is 4. The first-order chi connectivity index (χ1) is 9.78. The van der Waals surface area contributed by atoms with Gasteiger partial charge in [0.1, 0.15) is 0 Å². The Morgan fingerprint density at radius 1 is 1.19 bits per heavy atom. The lowest BCUT2D eigenvalue weighted by Crippen LogP contribution is -2.41. The van der Waals surface area contributed by atoms with Crippen molar-refractivity contribution in [3.63, 3.8) is 0 Å². The van der Waals surface area contributed by atoms with Crippen LogP contribution in [0.25, 0.3) is 5.82 Å². The highest BCUT2D eigenvalue weighted by Crippen LogP contribution is 2.36. The molecule has 0 unspecified atom stereocenters. The monoisotopic (exact) mass is 306 g/mol. The van der Waals surface area contributed by atoms with Gasteiger partial charge in [-0.3, -0.25) is 0 Å². The Kier molecular flexibility index (Phi) is 3.31. The van der Waals surface area contributed by atoms with Crippen LogP contribution in [0.5, 0.6) is 0 Å². The van der Waals surface area contributed by atoms with Crippen LogP contribution in [0, 0.1) is 0 Å². The third kappa shape index (κ3) is 2.56. The van der Waals surface area contributed by atoms with Gasteiger partial charge in [0.05, 0.1) is 11.2 Å². The fourth-order valence-corrected chi connectivity index (χ4v) is 2.16. The van der Waals surface area contributed by atoms with Crippen molar-refractivity contribution >= 4 is 24.2 Å². The highest BCUT2D eigenvalue weighted by Gasteiger charge is 2.52. The smallest absolute Gasteiger partial charge is 0.399 e. The molecule has 1 fully saturated rings. The van der Waals surface area contributed by atoms with E-state index in [1.54, 1.807) is 23.1 Å². The molecule has 0 amide bonds. The van der Waals surface area contributed by atoms with Crippen molar-refractivity contribution in [2.45, 2.75) is 38.9 Å². The molecule has 0 spiro atoms. The predicted molar refractivity (Wildman–Crippen MR) is 79.9 cm³/mol. The molecule has 2 aromatic rings. The van der Waals surface area contributed by atoms with Crippen molar-refractivity contribution in [1.29, 1.82) is 0 Å². The molecule has 6 nitrogen and oxygen atoms in total. The minimum absolute atomic E-state index is 0.181. The molecule has 0 radical (unpaired) electrons. The van der Waals surface area contributed by atoms with Crippen LogP contribution in [0.4, 0.5) is 0 Å². The second-order valence-electron chi connectivity index (χ2n) is 5.99. The Hall–Kier alpha value is -1.44. The topological polar surface area (TPSA) is 62.1 Å². The number of halogens is 1. The van der Waals surface area contributed by atoms with E-state index in [2.05, 4.69) is 15.1 Å². The first-order valence-electron chi connectivity index (χ1n) is 6.68. The normalized spacial score (nSPS) is 20.0. The first-order valence-corrected chi connectivity index (χ1v) is 7.05. The zero-order valence-electron chi connectivity index (χ0n) is 12.4. The largest absolute Gasteiger partial charge is 0.498 e. The van der Waals surface area contributed by atoms with Gasteiger partial charge in [0.25, 0.3) is 0 Å². The molecule has 1 aliphatic rings. The van der Waals surface area contributed by atoms with E-state index >= 15 is 0 Å². The first kappa shape index (κ1) is 14.5. The quantitative estimate of drug-likeness (QED) is 0.623. The molecule has 0 bridgehead atoms. The zero-order chi connectivity index (χ0) is 15.3. The van der Waals surface area contributed by atoms with Gasteiger partial charge in [0.2, 0.25) is 5.28 Å². The average Bonchev–Trinajstić information content (AvgIpc) is 2.93. The van der Waals surface area contributed by atoms with E-state index in [1.807, 2.05) is 33.9 Å². The van der Waals surface area contributed by atoms with Crippen molar-refractivity contribution in [3.05, 3.63) is 29.9 Å². The molecule has 110 valence electrons. The summed E-state index contributed by atoms with van der Waals surface area (Å²) in [4.78, 5) is 7.97. The lowest BCUT2D eigenvalue weighted by molar-refractivity contribution is 0.00578. The van der Waals surface area contributed by atoms with Crippen LogP contribution >= 0.6 is 11.6 Å². The summed E-state index contributed by atoms with van der Waals surface area (Å²) in [6.07, 6.45) is 5.11. The van der Waals surface area contributed by atoms with Crippen LogP contribution < -0.4 is 5.46 Å². The Bertz CT molecular complexity index is 658. The molecular weight excluding hydrogens is 290 g/mol. The van der Waals surface area contributed by atoms with Gasteiger partial charge in [-0.25, -0.2) is 9.67 Å². The third-order valence-corrected chi connectivity index (χ3v) is 4.16. The van der Waals surface area contributed by atoms with Crippen molar-refractivity contribution in [2.75, 3.05) is 0 Å². The fraction of sp³-hybridized carbons (Fsp3) is 0.462. The van der Waals surface area contributed by atoms with Gasteiger partial charge in [-0.1, -0.05) is 0 Å². The lowest BCUT2D eigenvalue weighted by Gasteiger charge is -2.32. The maximum absolute atomic E-state index is 5.99. The van der Waals surface area contributed by atoms with Crippen molar-refractivity contribution in [1.82, 2.24) is 19.7 Å². The van der Waals surface area contributed by atoms with E-state index in [9.17, 15) is 0 Å². The summed E-state index contributed by atoms with van der Waals surface area (Å²) in [5.41, 5.74) is 0.0825. The summed E-state index contributed by atoms with van der Waals surface area (Å²) in [6, 6.07) is 1.73. The van der Waals surface area contributed by atoms with Crippen LogP contribution in [0.15, 0.2) is 24.7 Å². The molecule has 8 heteroatoms. The number of hydrogen-bond donors (Lipinski definition) is 0. The number of hydrogen-bond acceptors (Lipinski definition) is 5. The molecule has 3 rings (SSSR count). The summed E-state index contributed by atoms with van der Waals surface area (Å²) in [5.74, 6) is 0.595. The highest BCUT2D eigenvalue weighted by atomic mass is 35.5. The highest BCUT2D eigenvalue weighted by molar-refractivity contribution is 6.62. The summed E-state index contributed by atoms with van der Waals surface area (Å²) in [6.45, 7) is 8.06. The Balaban J connectivity index is 1.87. The number of nitrogens with zero attached hydrogens (tertiary/aromatic N) is 4. The van der Waals surface area contributed by atoms with E-state index in [0.29, 0.717) is 5.82 Å². The Morgan fingerprint density at radius 2 is 1.86 bits per heavy atom. The van der Waals surface area contributed by atoms with Gasteiger partial charge < -0.3 is 9.31 Å². The van der Waals surface area contributed by atoms with Crippen LogP contribution in [-0.2, 0) is 9.31 Å². The van der Waals surface area contributed by atoms with Gasteiger partial charge in [0, 0.05) is 30.1 Å². The lowest BCUT2D eigenvalue weighted by atomic mass is 9.82. The summed E-state index contributed by atoms with van der Waals surface area (Å²) in [5, 5.41) is 4.46. The predicted octanol–water partition coefficient (Wildman–Crippen LogP) is 1.61. The molecule has 0 aromatic carbocycles. The molecule has 21 heavy (non-hydrogen) atoms. The SMILES string of the molecule is CC1(C)OB(c2cnn(-c3ccnc(Cl)n3)c2)OC1(C)C. The van der Waals surface area contributed by atoms with Crippen LogP contribution in [0.1, 0.15) is 27.7 Å². The molecule has 0 atom stereocenters. The average molecular weight is 307 g/mol. The summed E-state index contributed by atoms with van der Waals surface area (Å²) >= 11 is 5.79. The van der Waals surface area contributed by atoms with Gasteiger partial charge in [0.15, 0.2) is 5.82 Å². The van der Waals surface area contributed by atoms with E-state index in [-0.39, 0.29) is 16.5 Å². The van der Waals surface area contributed by atoms with Crippen LogP contribution in [0.2, 0.25) is 5.28 Å². The molecule has 0 N–H and O–H groups in total. The molecule has 2 aromatic heterocycles. The number of rotatable bonds is 2. The van der Waals surface area contributed by atoms with Crippen molar-refractivity contribution in [3.8, 4) is 5.82 Å². The second-order valence-corrected chi connectivity index (χ2v) is 6.33. The van der Waals surface area contributed by atoms with Crippen LogP contribution in [-0.4, -0.2) is 38.1 Å². The van der Waals surface area contributed by atoms with E-state index in [0.717, 1.165) is 5.46 Å². The fourth-order valence-electron chi connectivity index (χ4n) is 2.02. The zero-order valence-corrected chi connectivity index (χ0v) is 13.1. The second kappa shape index (κ2) is 4.79. The Labute approximate surface area is 128 Å². The summed E-state index contributed by atoms with van der Waals surface area (Å²) < 4.78 is 13.6. The maximum atomic E-state index is 5.99. The maximum Gasteiger partial charge on any atom is 0.498 e. The minimum Gasteiger partial charge on any atom is -0.399 e. The van der Waals surface area contributed by atoms with Crippen molar-refractivity contribution < 1.29 is 9.31 Å². The van der Waals surface area contributed by atoms with E-state index in [1.165, 1.54) is 0 Å². The van der Waals surface area contributed by atoms with Crippen LogP contribution in [0.3, 0.4) is 0 Å². The van der Waals surface area contributed by atoms with Gasteiger partial charge >= 0.3 is 7.12 Å². The van der Waals surface area contributed by atoms with E-state index in [4.69, 9.17) is 20.9 Å². The molecule has 0 saturated carbocycles. The van der Waals surface area contributed by atoms with Gasteiger partial charge in [-0.2, -0.15) is 10.1 Å². The third-order valence-electron chi connectivity index (χ3n) is 3.97. The standard InChI is InChI=1S/C13H16BClN4O2/c1-12(2)13(3,4)21-14(20-12)9-7-17-19(8-9)10-5-6-16-11(15)18-10/h5-8H,1-4H3. The molecule has 0 aliphatic carbocycles. The molecule has 1 aliphatic heterocycles. The minimum atomic E-state index is -0.443.